The van der Waals surface area contributed by atoms with Crippen molar-refractivity contribution < 1.29 is 4.79 Å². The molecule has 0 fully saturated rings. The first-order chi connectivity index (χ1) is 9.47. The maximum Gasteiger partial charge on any atom is 0.251 e. The molecule has 0 heterocycles. The zero-order chi connectivity index (χ0) is 15.1. The molecule has 1 aromatic carbocycles. The Labute approximate surface area is 122 Å². The van der Waals surface area contributed by atoms with Gasteiger partial charge in [0.15, 0.2) is 0 Å². The first-order valence-electron chi connectivity index (χ1n) is 7.36. The highest BCUT2D eigenvalue weighted by Gasteiger charge is 2.10. The van der Waals surface area contributed by atoms with E-state index in [0.717, 1.165) is 25.2 Å². The van der Waals surface area contributed by atoms with E-state index in [2.05, 4.69) is 37.9 Å². The van der Waals surface area contributed by atoms with Crippen LogP contribution < -0.4 is 11.1 Å². The van der Waals surface area contributed by atoms with Crippen LogP contribution in [0.4, 0.5) is 5.69 Å². The number of amides is 1. The highest BCUT2D eigenvalue weighted by molar-refractivity contribution is 5.95. The Bertz CT molecular complexity index is 439. The molecule has 0 aromatic heterocycles. The zero-order valence-corrected chi connectivity index (χ0v) is 13.1. The average molecular weight is 277 g/mol. The van der Waals surface area contributed by atoms with E-state index in [-0.39, 0.29) is 5.91 Å². The highest BCUT2D eigenvalue weighted by Crippen LogP contribution is 2.16. The van der Waals surface area contributed by atoms with Gasteiger partial charge in [0.1, 0.15) is 0 Å². The summed E-state index contributed by atoms with van der Waals surface area (Å²) in [5.74, 6) is 0.387. The Morgan fingerprint density at radius 1 is 1.30 bits per heavy atom. The summed E-state index contributed by atoms with van der Waals surface area (Å²) in [4.78, 5) is 14.3. The molecule has 1 rings (SSSR count). The normalized spacial score (nSPS) is 11.1. The quantitative estimate of drug-likeness (QED) is 0.753. The third kappa shape index (κ3) is 4.85. The SMILES string of the molecule is CCN(CC)Cc1ccc(C(=O)NCC(C)C)cc1N. The molecular weight excluding hydrogens is 250 g/mol. The molecule has 0 aliphatic rings. The minimum Gasteiger partial charge on any atom is -0.398 e. The van der Waals surface area contributed by atoms with Gasteiger partial charge in [-0.15, -0.1) is 0 Å². The summed E-state index contributed by atoms with van der Waals surface area (Å²) in [6.45, 7) is 11.9. The van der Waals surface area contributed by atoms with Crippen molar-refractivity contribution in [1.82, 2.24) is 10.2 Å². The van der Waals surface area contributed by atoms with Crippen LogP contribution in [-0.4, -0.2) is 30.4 Å². The van der Waals surface area contributed by atoms with Crippen molar-refractivity contribution in [2.24, 2.45) is 5.92 Å². The van der Waals surface area contributed by atoms with Gasteiger partial charge in [-0.05, 0) is 36.7 Å². The number of hydrogen-bond donors (Lipinski definition) is 2. The molecule has 0 unspecified atom stereocenters. The van der Waals surface area contributed by atoms with Crippen LogP contribution in [-0.2, 0) is 6.54 Å². The molecule has 0 radical (unpaired) electrons. The van der Waals surface area contributed by atoms with Gasteiger partial charge in [0, 0.05) is 24.3 Å². The van der Waals surface area contributed by atoms with E-state index in [4.69, 9.17) is 5.73 Å². The Morgan fingerprint density at radius 2 is 1.95 bits per heavy atom. The number of carbonyl (C=O) groups excluding carboxylic acids is 1. The Kier molecular flexibility index (Phi) is 6.52. The lowest BCUT2D eigenvalue weighted by molar-refractivity contribution is 0.0949. The maximum atomic E-state index is 12.0. The van der Waals surface area contributed by atoms with Gasteiger partial charge in [0.2, 0.25) is 0 Å². The van der Waals surface area contributed by atoms with Crippen LogP contribution in [0.25, 0.3) is 0 Å². The Balaban J connectivity index is 2.74. The van der Waals surface area contributed by atoms with Crippen molar-refractivity contribution in [3.05, 3.63) is 29.3 Å². The highest BCUT2D eigenvalue weighted by atomic mass is 16.1. The number of nitrogens with two attached hydrogens (primary N) is 1. The van der Waals surface area contributed by atoms with Gasteiger partial charge in [0.05, 0.1) is 0 Å². The van der Waals surface area contributed by atoms with Gasteiger partial charge in [-0.25, -0.2) is 0 Å². The van der Waals surface area contributed by atoms with Gasteiger partial charge in [-0.3, -0.25) is 9.69 Å². The molecule has 0 aliphatic carbocycles. The van der Waals surface area contributed by atoms with Crippen LogP contribution in [0, 0.1) is 5.92 Å². The fourth-order valence-electron chi connectivity index (χ4n) is 1.97. The minimum atomic E-state index is -0.0558. The van der Waals surface area contributed by atoms with Gasteiger partial charge < -0.3 is 11.1 Å². The topological polar surface area (TPSA) is 58.4 Å². The minimum absolute atomic E-state index is 0.0558. The number of hydrogen-bond acceptors (Lipinski definition) is 3. The third-order valence-corrected chi connectivity index (χ3v) is 3.37. The molecule has 20 heavy (non-hydrogen) atoms. The van der Waals surface area contributed by atoms with Crippen molar-refractivity contribution in [2.45, 2.75) is 34.2 Å². The number of anilines is 1. The van der Waals surface area contributed by atoms with E-state index in [1.165, 1.54) is 0 Å². The predicted octanol–water partition coefficient (Wildman–Crippen LogP) is 2.50. The second-order valence-electron chi connectivity index (χ2n) is 5.48. The van der Waals surface area contributed by atoms with Crippen molar-refractivity contribution in [2.75, 3.05) is 25.4 Å². The summed E-state index contributed by atoms with van der Waals surface area (Å²) in [5, 5.41) is 2.90. The van der Waals surface area contributed by atoms with E-state index in [0.29, 0.717) is 23.7 Å². The van der Waals surface area contributed by atoms with Crippen LogP contribution in [0.2, 0.25) is 0 Å². The molecule has 1 amide bonds. The average Bonchev–Trinajstić information content (AvgIpc) is 2.43. The van der Waals surface area contributed by atoms with Crippen LogP contribution in [0.5, 0.6) is 0 Å². The van der Waals surface area contributed by atoms with Crippen LogP contribution in [0.15, 0.2) is 18.2 Å². The molecule has 1 aromatic rings. The molecule has 3 N–H and O–H groups in total. The Morgan fingerprint density at radius 3 is 2.45 bits per heavy atom. The van der Waals surface area contributed by atoms with E-state index >= 15 is 0 Å². The number of benzene rings is 1. The molecule has 0 atom stereocenters. The monoisotopic (exact) mass is 277 g/mol. The van der Waals surface area contributed by atoms with Crippen molar-refractivity contribution in [3.8, 4) is 0 Å². The predicted molar refractivity (Wildman–Crippen MR) is 84.7 cm³/mol. The number of nitrogens with zero attached hydrogens (tertiary/aromatic N) is 1. The fourth-order valence-corrected chi connectivity index (χ4v) is 1.97. The second-order valence-corrected chi connectivity index (χ2v) is 5.48. The van der Waals surface area contributed by atoms with E-state index < -0.39 is 0 Å². The maximum absolute atomic E-state index is 12.0. The molecular formula is C16H27N3O. The Hall–Kier alpha value is -1.55. The summed E-state index contributed by atoms with van der Waals surface area (Å²) in [7, 11) is 0. The number of nitrogens with one attached hydrogen (secondary N) is 1. The van der Waals surface area contributed by atoms with Gasteiger partial charge in [-0.1, -0.05) is 33.8 Å². The molecule has 4 heteroatoms. The molecule has 0 aliphatic heterocycles. The number of nitrogen functional groups attached to an aromatic ring is 1. The smallest absolute Gasteiger partial charge is 0.251 e. The fraction of sp³-hybridized carbons (Fsp3) is 0.562. The zero-order valence-electron chi connectivity index (χ0n) is 13.1. The van der Waals surface area contributed by atoms with Crippen LogP contribution in [0.1, 0.15) is 43.6 Å². The molecule has 112 valence electrons. The lowest BCUT2D eigenvalue weighted by atomic mass is 10.1. The summed E-state index contributed by atoms with van der Waals surface area (Å²) in [5.41, 5.74) is 8.46. The van der Waals surface area contributed by atoms with Crippen molar-refractivity contribution >= 4 is 11.6 Å². The van der Waals surface area contributed by atoms with Gasteiger partial charge in [-0.2, -0.15) is 0 Å². The van der Waals surface area contributed by atoms with Gasteiger partial charge >= 0.3 is 0 Å². The summed E-state index contributed by atoms with van der Waals surface area (Å²) >= 11 is 0. The molecule has 4 nitrogen and oxygen atoms in total. The van der Waals surface area contributed by atoms with Crippen LogP contribution in [0.3, 0.4) is 0 Å². The van der Waals surface area contributed by atoms with Crippen molar-refractivity contribution in [3.63, 3.8) is 0 Å². The standard InChI is InChI=1S/C16H27N3O/c1-5-19(6-2)11-14-8-7-13(9-15(14)17)16(20)18-10-12(3)4/h7-9,12H,5-6,10-11,17H2,1-4H3,(H,18,20). The number of carbonyl (C=O) groups is 1. The second kappa shape index (κ2) is 7.90. The third-order valence-electron chi connectivity index (χ3n) is 3.37. The molecule has 0 saturated carbocycles. The van der Waals surface area contributed by atoms with Crippen LogP contribution >= 0.6 is 0 Å². The van der Waals surface area contributed by atoms with Gasteiger partial charge in [0.25, 0.3) is 5.91 Å². The first kappa shape index (κ1) is 16.5. The molecule has 0 spiro atoms. The summed E-state index contributed by atoms with van der Waals surface area (Å²) in [6, 6.07) is 5.58. The largest absolute Gasteiger partial charge is 0.398 e. The van der Waals surface area contributed by atoms with Crippen molar-refractivity contribution in [1.29, 1.82) is 0 Å². The lowest BCUT2D eigenvalue weighted by Gasteiger charge is -2.19. The first-order valence-corrected chi connectivity index (χ1v) is 7.36. The summed E-state index contributed by atoms with van der Waals surface area (Å²) < 4.78 is 0. The summed E-state index contributed by atoms with van der Waals surface area (Å²) in [6.07, 6.45) is 0. The molecule has 0 bridgehead atoms. The van der Waals surface area contributed by atoms with E-state index in [1.807, 2.05) is 12.1 Å². The lowest BCUT2D eigenvalue weighted by Crippen LogP contribution is -2.27. The van der Waals surface area contributed by atoms with E-state index in [1.54, 1.807) is 6.07 Å². The molecule has 0 saturated heterocycles. The number of rotatable bonds is 7. The van der Waals surface area contributed by atoms with E-state index in [9.17, 15) is 4.79 Å².